The SMILES string of the molecule is Cc1nc(CN(C)C(=O)C2(C(N)=NO)CCCC2)n[nH]1. The predicted molar refractivity (Wildman–Crippen MR) is 71.9 cm³/mol. The minimum Gasteiger partial charge on any atom is -0.409 e. The normalized spacial score (nSPS) is 18.2. The zero-order chi connectivity index (χ0) is 14.8. The van der Waals surface area contributed by atoms with Crippen molar-refractivity contribution in [3.8, 4) is 0 Å². The number of amides is 1. The number of aryl methyl sites for hydroxylation is 1. The number of aromatic amines is 1. The summed E-state index contributed by atoms with van der Waals surface area (Å²) in [6.07, 6.45) is 3.02. The second-order valence-electron chi connectivity index (χ2n) is 5.27. The highest BCUT2D eigenvalue weighted by molar-refractivity contribution is 6.06. The molecule has 0 aromatic carbocycles. The summed E-state index contributed by atoms with van der Waals surface area (Å²) in [6.45, 7) is 2.09. The van der Waals surface area contributed by atoms with Gasteiger partial charge >= 0.3 is 0 Å². The molecule has 1 heterocycles. The molecule has 0 saturated heterocycles. The van der Waals surface area contributed by atoms with Crippen LogP contribution in [-0.2, 0) is 11.3 Å². The van der Waals surface area contributed by atoms with E-state index in [1.165, 1.54) is 4.90 Å². The number of nitrogens with two attached hydrogens (primary N) is 1. The summed E-state index contributed by atoms with van der Waals surface area (Å²) in [5.41, 5.74) is 4.88. The lowest BCUT2D eigenvalue weighted by atomic mass is 9.83. The first-order valence-corrected chi connectivity index (χ1v) is 6.61. The summed E-state index contributed by atoms with van der Waals surface area (Å²) in [5.74, 6) is 1.10. The Balaban J connectivity index is 2.15. The van der Waals surface area contributed by atoms with E-state index in [0.717, 1.165) is 12.8 Å². The van der Waals surface area contributed by atoms with E-state index in [1.807, 2.05) is 0 Å². The number of carbonyl (C=O) groups excluding carboxylic acids is 1. The van der Waals surface area contributed by atoms with Crippen LogP contribution in [0.3, 0.4) is 0 Å². The Morgan fingerprint density at radius 1 is 1.55 bits per heavy atom. The smallest absolute Gasteiger partial charge is 0.236 e. The molecule has 1 saturated carbocycles. The molecule has 1 aromatic rings. The van der Waals surface area contributed by atoms with E-state index in [9.17, 15) is 4.79 Å². The van der Waals surface area contributed by atoms with Crippen LogP contribution < -0.4 is 5.73 Å². The van der Waals surface area contributed by atoms with Gasteiger partial charge in [0.1, 0.15) is 11.2 Å². The van der Waals surface area contributed by atoms with Gasteiger partial charge in [0.25, 0.3) is 0 Å². The highest BCUT2D eigenvalue weighted by Gasteiger charge is 2.46. The van der Waals surface area contributed by atoms with E-state index in [0.29, 0.717) is 31.0 Å². The Bertz CT molecular complexity index is 518. The highest BCUT2D eigenvalue weighted by atomic mass is 16.4. The van der Waals surface area contributed by atoms with Gasteiger partial charge < -0.3 is 15.8 Å². The molecule has 0 unspecified atom stereocenters. The summed E-state index contributed by atoms with van der Waals surface area (Å²) >= 11 is 0. The monoisotopic (exact) mass is 280 g/mol. The van der Waals surface area contributed by atoms with E-state index in [4.69, 9.17) is 10.9 Å². The van der Waals surface area contributed by atoms with Crippen molar-refractivity contribution >= 4 is 11.7 Å². The molecule has 2 rings (SSSR count). The van der Waals surface area contributed by atoms with Gasteiger partial charge in [-0.1, -0.05) is 18.0 Å². The van der Waals surface area contributed by atoms with Gasteiger partial charge in [-0.2, -0.15) is 5.10 Å². The number of amidine groups is 1. The molecule has 0 bridgehead atoms. The largest absolute Gasteiger partial charge is 0.409 e. The maximum absolute atomic E-state index is 12.7. The molecule has 8 heteroatoms. The predicted octanol–water partition coefficient (Wildman–Crippen LogP) is 0.378. The van der Waals surface area contributed by atoms with E-state index < -0.39 is 5.41 Å². The van der Waals surface area contributed by atoms with Gasteiger partial charge in [-0.05, 0) is 19.8 Å². The first-order chi connectivity index (χ1) is 9.49. The molecule has 4 N–H and O–H groups in total. The number of hydrogen-bond acceptors (Lipinski definition) is 5. The fraction of sp³-hybridized carbons (Fsp3) is 0.667. The number of carbonyl (C=O) groups is 1. The lowest BCUT2D eigenvalue weighted by Gasteiger charge is -2.30. The van der Waals surface area contributed by atoms with Crippen molar-refractivity contribution in [1.82, 2.24) is 20.1 Å². The molecular weight excluding hydrogens is 260 g/mol. The summed E-state index contributed by atoms with van der Waals surface area (Å²) in [5, 5.41) is 18.8. The maximum atomic E-state index is 12.7. The van der Waals surface area contributed by atoms with Crippen LogP contribution in [0.15, 0.2) is 5.16 Å². The van der Waals surface area contributed by atoms with Gasteiger partial charge in [0, 0.05) is 7.05 Å². The molecular formula is C12H20N6O2. The van der Waals surface area contributed by atoms with Gasteiger partial charge in [-0.25, -0.2) is 4.98 Å². The molecule has 0 radical (unpaired) electrons. The van der Waals surface area contributed by atoms with Crippen LogP contribution in [0, 0.1) is 12.3 Å². The average molecular weight is 280 g/mol. The third kappa shape index (κ3) is 2.45. The molecule has 1 aliphatic rings. The minimum atomic E-state index is -0.880. The first kappa shape index (κ1) is 14.3. The Morgan fingerprint density at radius 3 is 2.70 bits per heavy atom. The third-order valence-corrected chi connectivity index (χ3v) is 3.83. The zero-order valence-corrected chi connectivity index (χ0v) is 11.8. The van der Waals surface area contributed by atoms with Gasteiger partial charge in [0.15, 0.2) is 11.7 Å². The molecule has 0 atom stereocenters. The Hall–Kier alpha value is -2.12. The Kier molecular flexibility index (Phi) is 3.91. The van der Waals surface area contributed by atoms with Crippen LogP contribution in [0.25, 0.3) is 0 Å². The molecule has 8 nitrogen and oxygen atoms in total. The van der Waals surface area contributed by atoms with Gasteiger partial charge in [-0.3, -0.25) is 9.89 Å². The van der Waals surface area contributed by atoms with Crippen LogP contribution in [0.5, 0.6) is 0 Å². The minimum absolute atomic E-state index is 0.00184. The number of aromatic nitrogens is 3. The van der Waals surface area contributed by atoms with Crippen LogP contribution in [0.1, 0.15) is 37.3 Å². The summed E-state index contributed by atoms with van der Waals surface area (Å²) in [6, 6.07) is 0. The second kappa shape index (κ2) is 5.48. The van der Waals surface area contributed by atoms with Gasteiger partial charge in [-0.15, -0.1) is 0 Å². The Labute approximate surface area is 117 Å². The van der Waals surface area contributed by atoms with Crippen molar-refractivity contribution < 1.29 is 10.0 Å². The molecule has 1 aliphatic carbocycles. The number of hydrogen-bond donors (Lipinski definition) is 3. The number of H-pyrrole nitrogens is 1. The van der Waals surface area contributed by atoms with E-state index >= 15 is 0 Å². The standard InChI is InChI=1S/C12H20N6O2/c1-8-14-9(16-15-8)7-18(2)11(19)12(10(13)17-20)5-3-4-6-12/h20H,3-7H2,1-2H3,(H2,13,17)(H,14,15,16). The first-order valence-electron chi connectivity index (χ1n) is 6.61. The fourth-order valence-electron chi connectivity index (χ4n) is 2.76. The van der Waals surface area contributed by atoms with Crippen molar-refractivity contribution in [1.29, 1.82) is 0 Å². The summed E-state index contributed by atoms with van der Waals surface area (Å²) in [7, 11) is 1.68. The van der Waals surface area contributed by atoms with Crippen molar-refractivity contribution in [2.24, 2.45) is 16.3 Å². The quantitative estimate of drug-likeness (QED) is 0.318. The van der Waals surface area contributed by atoms with E-state index in [-0.39, 0.29) is 11.7 Å². The number of nitrogens with zero attached hydrogens (tertiary/aromatic N) is 4. The molecule has 1 amide bonds. The fourth-order valence-corrected chi connectivity index (χ4v) is 2.76. The lowest BCUT2D eigenvalue weighted by Crippen LogP contribution is -2.48. The lowest BCUT2D eigenvalue weighted by molar-refractivity contribution is -0.137. The van der Waals surface area contributed by atoms with E-state index in [2.05, 4.69) is 20.3 Å². The summed E-state index contributed by atoms with van der Waals surface area (Å²) < 4.78 is 0. The molecule has 110 valence electrons. The molecule has 0 aliphatic heterocycles. The molecule has 20 heavy (non-hydrogen) atoms. The average Bonchev–Trinajstić information content (AvgIpc) is 3.07. The van der Waals surface area contributed by atoms with Gasteiger partial charge in [0.2, 0.25) is 5.91 Å². The molecule has 1 fully saturated rings. The Morgan fingerprint density at radius 2 is 2.20 bits per heavy atom. The van der Waals surface area contributed by atoms with E-state index in [1.54, 1.807) is 14.0 Å². The summed E-state index contributed by atoms with van der Waals surface area (Å²) in [4.78, 5) is 18.4. The second-order valence-corrected chi connectivity index (χ2v) is 5.27. The maximum Gasteiger partial charge on any atom is 0.236 e. The third-order valence-electron chi connectivity index (χ3n) is 3.83. The van der Waals surface area contributed by atoms with Crippen LogP contribution in [-0.4, -0.2) is 44.1 Å². The topological polar surface area (TPSA) is 120 Å². The van der Waals surface area contributed by atoms with Crippen molar-refractivity contribution in [2.75, 3.05) is 7.05 Å². The number of oxime groups is 1. The van der Waals surface area contributed by atoms with Crippen LogP contribution in [0.2, 0.25) is 0 Å². The van der Waals surface area contributed by atoms with Crippen molar-refractivity contribution in [3.63, 3.8) is 0 Å². The van der Waals surface area contributed by atoms with Crippen molar-refractivity contribution in [3.05, 3.63) is 11.6 Å². The van der Waals surface area contributed by atoms with Gasteiger partial charge in [0.05, 0.1) is 6.54 Å². The molecule has 1 aromatic heterocycles. The van der Waals surface area contributed by atoms with Crippen LogP contribution >= 0.6 is 0 Å². The highest BCUT2D eigenvalue weighted by Crippen LogP contribution is 2.40. The number of nitrogens with one attached hydrogen (secondary N) is 1. The number of rotatable bonds is 4. The van der Waals surface area contributed by atoms with Crippen molar-refractivity contribution in [2.45, 2.75) is 39.2 Å². The zero-order valence-electron chi connectivity index (χ0n) is 11.8. The van der Waals surface area contributed by atoms with Crippen LogP contribution in [0.4, 0.5) is 0 Å². The molecule has 0 spiro atoms.